The fraction of sp³-hybridized carbons (Fsp3) is 0.238. The second kappa shape index (κ2) is 7.62. The number of hydrogen-bond donors (Lipinski definition) is 1. The van der Waals surface area contributed by atoms with E-state index >= 15 is 0 Å². The molecule has 25 heavy (non-hydrogen) atoms. The number of aromatic nitrogens is 1. The fourth-order valence-electron chi connectivity index (χ4n) is 2.66. The minimum absolute atomic E-state index is 0.0731. The number of nitrogens with zero attached hydrogens (tertiary/aromatic N) is 1. The first-order valence-corrected chi connectivity index (χ1v) is 9.32. The summed E-state index contributed by atoms with van der Waals surface area (Å²) in [5.41, 5.74) is 5.11. The van der Waals surface area contributed by atoms with Crippen LogP contribution in [0.3, 0.4) is 0 Å². The molecule has 0 saturated carbocycles. The molecule has 0 atom stereocenters. The highest BCUT2D eigenvalue weighted by Crippen LogP contribution is 2.27. The van der Waals surface area contributed by atoms with Crippen molar-refractivity contribution in [2.24, 2.45) is 5.92 Å². The van der Waals surface area contributed by atoms with E-state index in [1.807, 2.05) is 24.3 Å². The normalized spacial score (nSPS) is 10.9. The van der Waals surface area contributed by atoms with Crippen molar-refractivity contribution in [2.45, 2.75) is 27.2 Å². The zero-order valence-corrected chi connectivity index (χ0v) is 15.6. The number of nitrogens with one attached hydrogen (secondary N) is 1. The molecule has 3 aromatic rings. The predicted molar refractivity (Wildman–Crippen MR) is 106 cm³/mol. The molecule has 0 aliphatic carbocycles. The van der Waals surface area contributed by atoms with Gasteiger partial charge in [-0.1, -0.05) is 38.1 Å². The van der Waals surface area contributed by atoms with Crippen molar-refractivity contribution in [3.05, 3.63) is 65.0 Å². The Bertz CT molecular complexity index is 848. The smallest absolute Gasteiger partial charge is 0.187 e. The van der Waals surface area contributed by atoms with E-state index in [1.165, 1.54) is 5.56 Å². The number of ketones is 1. The fourth-order valence-corrected chi connectivity index (χ4v) is 3.40. The molecule has 128 valence electrons. The summed E-state index contributed by atoms with van der Waals surface area (Å²) in [6, 6.07) is 16.1. The Labute approximate surface area is 152 Å². The van der Waals surface area contributed by atoms with Crippen LogP contribution in [0.5, 0.6) is 0 Å². The highest BCUT2D eigenvalue weighted by Gasteiger charge is 2.06. The average Bonchev–Trinajstić information content (AvgIpc) is 3.04. The van der Waals surface area contributed by atoms with Crippen molar-refractivity contribution in [3.8, 4) is 11.3 Å². The van der Waals surface area contributed by atoms with E-state index in [0.29, 0.717) is 11.5 Å². The van der Waals surface area contributed by atoms with E-state index in [-0.39, 0.29) is 5.78 Å². The van der Waals surface area contributed by atoms with E-state index in [9.17, 15) is 4.79 Å². The van der Waals surface area contributed by atoms with Crippen LogP contribution in [0.2, 0.25) is 0 Å². The van der Waals surface area contributed by atoms with Crippen LogP contribution in [0.4, 0.5) is 10.8 Å². The maximum Gasteiger partial charge on any atom is 0.187 e. The summed E-state index contributed by atoms with van der Waals surface area (Å²) in [6.07, 6.45) is 1.10. The number of hydrogen-bond acceptors (Lipinski definition) is 4. The molecule has 0 unspecified atom stereocenters. The van der Waals surface area contributed by atoms with E-state index in [2.05, 4.69) is 53.8 Å². The first-order valence-electron chi connectivity index (χ1n) is 8.44. The molecule has 1 heterocycles. The Morgan fingerprint density at radius 3 is 2.36 bits per heavy atom. The Balaban J connectivity index is 1.70. The van der Waals surface area contributed by atoms with Crippen molar-refractivity contribution >= 4 is 27.9 Å². The second-order valence-electron chi connectivity index (χ2n) is 6.59. The van der Waals surface area contributed by atoms with Crippen LogP contribution in [0.25, 0.3) is 11.3 Å². The van der Waals surface area contributed by atoms with E-state index < -0.39 is 0 Å². The summed E-state index contributed by atoms with van der Waals surface area (Å²) in [6.45, 7) is 6.03. The summed E-state index contributed by atoms with van der Waals surface area (Å²) in [5, 5.41) is 6.20. The lowest BCUT2D eigenvalue weighted by molar-refractivity contribution is 0.101. The number of Topliss-reactive ketones (excluding diaryl/α,β-unsaturated/α-hetero) is 1. The lowest BCUT2D eigenvalue weighted by Crippen LogP contribution is -1.94. The van der Waals surface area contributed by atoms with E-state index in [1.54, 1.807) is 18.3 Å². The molecule has 0 aliphatic rings. The molecule has 4 heteroatoms. The van der Waals surface area contributed by atoms with Crippen LogP contribution in [-0.2, 0) is 6.42 Å². The summed E-state index contributed by atoms with van der Waals surface area (Å²) < 4.78 is 0. The Morgan fingerprint density at radius 1 is 1.08 bits per heavy atom. The number of rotatable bonds is 6. The minimum atomic E-state index is 0.0731. The van der Waals surface area contributed by atoms with Gasteiger partial charge in [0.15, 0.2) is 10.9 Å². The molecule has 1 N–H and O–H groups in total. The monoisotopic (exact) mass is 350 g/mol. The van der Waals surface area contributed by atoms with Gasteiger partial charge in [0.25, 0.3) is 0 Å². The minimum Gasteiger partial charge on any atom is -0.332 e. The first kappa shape index (κ1) is 17.4. The van der Waals surface area contributed by atoms with Crippen molar-refractivity contribution in [1.82, 2.24) is 4.98 Å². The largest absolute Gasteiger partial charge is 0.332 e. The molecule has 1 aromatic heterocycles. The Morgan fingerprint density at radius 2 is 1.76 bits per heavy atom. The second-order valence-corrected chi connectivity index (χ2v) is 7.45. The van der Waals surface area contributed by atoms with Crippen molar-refractivity contribution in [2.75, 3.05) is 5.32 Å². The highest BCUT2D eigenvalue weighted by atomic mass is 32.1. The molecule has 0 saturated heterocycles. The highest BCUT2D eigenvalue weighted by molar-refractivity contribution is 7.14. The molecule has 0 radical (unpaired) electrons. The zero-order chi connectivity index (χ0) is 17.8. The summed E-state index contributed by atoms with van der Waals surface area (Å²) >= 11 is 1.58. The van der Waals surface area contributed by atoms with Crippen LogP contribution in [-0.4, -0.2) is 10.8 Å². The first-order chi connectivity index (χ1) is 12.0. The van der Waals surface area contributed by atoms with Gasteiger partial charge in [-0.2, -0.15) is 0 Å². The van der Waals surface area contributed by atoms with Crippen LogP contribution in [0, 0.1) is 5.92 Å². The van der Waals surface area contributed by atoms with Gasteiger partial charge in [-0.05, 0) is 49.1 Å². The Kier molecular flexibility index (Phi) is 5.29. The molecule has 3 rings (SSSR count). The Hall–Kier alpha value is -2.46. The summed E-state index contributed by atoms with van der Waals surface area (Å²) in [7, 11) is 0. The number of carbonyl (C=O) groups excluding carboxylic acids is 1. The molecule has 3 nitrogen and oxygen atoms in total. The molecule has 0 spiro atoms. The summed E-state index contributed by atoms with van der Waals surface area (Å²) in [5.74, 6) is 0.735. The van der Waals surface area contributed by atoms with Gasteiger partial charge in [0, 0.05) is 22.2 Å². The van der Waals surface area contributed by atoms with Gasteiger partial charge in [0.05, 0.1) is 5.69 Å². The third-order valence-corrected chi connectivity index (χ3v) is 4.70. The van der Waals surface area contributed by atoms with Gasteiger partial charge in [0.1, 0.15) is 0 Å². The number of benzene rings is 2. The summed E-state index contributed by atoms with van der Waals surface area (Å²) in [4.78, 5) is 16.0. The van der Waals surface area contributed by atoms with Crippen LogP contribution in [0.15, 0.2) is 53.9 Å². The average molecular weight is 350 g/mol. The van der Waals surface area contributed by atoms with Gasteiger partial charge in [-0.25, -0.2) is 4.98 Å². The van der Waals surface area contributed by atoms with E-state index in [4.69, 9.17) is 0 Å². The van der Waals surface area contributed by atoms with Gasteiger partial charge < -0.3 is 5.32 Å². The molecule has 0 aliphatic heterocycles. The van der Waals surface area contributed by atoms with Crippen molar-refractivity contribution < 1.29 is 4.79 Å². The van der Waals surface area contributed by atoms with Gasteiger partial charge in [0.2, 0.25) is 0 Å². The molecule has 0 fully saturated rings. The van der Waals surface area contributed by atoms with Crippen molar-refractivity contribution in [3.63, 3.8) is 0 Å². The molecular formula is C21H22N2OS. The molecule has 2 aromatic carbocycles. The van der Waals surface area contributed by atoms with Gasteiger partial charge in [-0.15, -0.1) is 11.3 Å². The van der Waals surface area contributed by atoms with Gasteiger partial charge >= 0.3 is 0 Å². The number of anilines is 2. The third-order valence-electron chi connectivity index (χ3n) is 3.94. The molecule has 0 bridgehead atoms. The SMILES string of the molecule is CC(=O)c1ccc(Nc2nc(-c3ccc(CC(C)C)cc3)cs2)cc1. The number of carbonyl (C=O) groups is 1. The van der Waals surface area contributed by atoms with Crippen LogP contribution < -0.4 is 5.32 Å². The number of thiazole rings is 1. The lowest BCUT2D eigenvalue weighted by atomic mass is 10.0. The zero-order valence-electron chi connectivity index (χ0n) is 14.7. The maximum atomic E-state index is 11.3. The van der Waals surface area contributed by atoms with E-state index in [0.717, 1.165) is 28.5 Å². The standard InChI is InChI=1S/C21H22N2OS/c1-14(2)12-16-4-6-18(7-5-16)20-13-25-21(23-20)22-19-10-8-17(9-11-19)15(3)24/h4-11,13-14H,12H2,1-3H3,(H,22,23). The van der Waals surface area contributed by atoms with Crippen LogP contribution in [0.1, 0.15) is 36.7 Å². The van der Waals surface area contributed by atoms with Crippen molar-refractivity contribution in [1.29, 1.82) is 0 Å². The quantitative estimate of drug-likeness (QED) is 0.558. The topological polar surface area (TPSA) is 42.0 Å². The van der Waals surface area contributed by atoms with Gasteiger partial charge in [-0.3, -0.25) is 4.79 Å². The van der Waals surface area contributed by atoms with Crippen LogP contribution >= 0.6 is 11.3 Å². The molecular weight excluding hydrogens is 328 g/mol. The lowest BCUT2D eigenvalue weighted by Gasteiger charge is -2.05. The third kappa shape index (κ3) is 4.54. The molecule has 0 amide bonds. The predicted octanol–water partition coefficient (Wildman–Crippen LogP) is 5.95. The maximum absolute atomic E-state index is 11.3.